The minimum Gasteiger partial charge on any atom is -0.299 e. The molecule has 0 spiro atoms. The average molecular weight is 426 g/mol. The van der Waals surface area contributed by atoms with Crippen LogP contribution >= 0.6 is 23.1 Å². The van der Waals surface area contributed by atoms with Gasteiger partial charge in [-0.05, 0) is 49.6 Å². The number of sulfone groups is 1. The number of aromatic nitrogens is 2. The Morgan fingerprint density at radius 1 is 1.26 bits per heavy atom. The summed E-state index contributed by atoms with van der Waals surface area (Å²) in [6.45, 7) is 5.63. The van der Waals surface area contributed by atoms with Crippen molar-refractivity contribution in [2.24, 2.45) is 0 Å². The Bertz CT molecular complexity index is 948. The summed E-state index contributed by atoms with van der Waals surface area (Å²) in [5.74, 6) is 0.359. The number of carbonyl (C=O) groups excluding carboxylic acids is 1. The minimum atomic E-state index is -3.84. The molecule has 0 unspecified atom stereocenters. The van der Waals surface area contributed by atoms with Crippen molar-refractivity contribution in [3.05, 3.63) is 29.3 Å². The largest absolute Gasteiger partial charge is 0.299 e. The Morgan fingerprint density at radius 3 is 2.63 bits per heavy atom. The van der Waals surface area contributed by atoms with E-state index in [1.807, 2.05) is 19.9 Å². The van der Waals surface area contributed by atoms with E-state index in [4.69, 9.17) is 0 Å². The highest BCUT2D eigenvalue weighted by molar-refractivity contribution is 8.01. The van der Waals surface area contributed by atoms with Crippen LogP contribution < -0.4 is 5.32 Å². The van der Waals surface area contributed by atoms with Crippen LogP contribution in [0.5, 0.6) is 0 Å². The second-order valence-electron chi connectivity index (χ2n) is 6.73. The first-order valence-electron chi connectivity index (χ1n) is 8.90. The third-order valence-electron chi connectivity index (χ3n) is 4.87. The van der Waals surface area contributed by atoms with Gasteiger partial charge in [0.1, 0.15) is 0 Å². The van der Waals surface area contributed by atoms with Gasteiger partial charge in [-0.3, -0.25) is 10.1 Å². The van der Waals surface area contributed by atoms with Gasteiger partial charge in [0.25, 0.3) is 0 Å². The first-order valence-corrected chi connectivity index (χ1v) is 12.2. The number of amides is 1. The molecule has 0 aliphatic heterocycles. The summed E-state index contributed by atoms with van der Waals surface area (Å²) in [6, 6.07) is 5.34. The standard InChI is InChI=1S/C18H23N3O3S3/c1-4-25-17-21-20-16(26-17)19-15(22)18(9-5-6-10-18)27(23,24)14-11-12(2)7-8-13(14)3/h7-8,11H,4-6,9-10H2,1-3H3,(H,19,20,22). The quantitative estimate of drug-likeness (QED) is 0.556. The molecule has 6 nitrogen and oxygen atoms in total. The molecule has 1 aliphatic carbocycles. The van der Waals surface area contributed by atoms with Crippen molar-refractivity contribution in [3.63, 3.8) is 0 Å². The second-order valence-corrected chi connectivity index (χ2v) is 11.5. The molecule has 2 aromatic rings. The molecule has 1 heterocycles. The lowest BCUT2D eigenvalue weighted by Crippen LogP contribution is -2.47. The molecule has 0 radical (unpaired) electrons. The zero-order valence-corrected chi connectivity index (χ0v) is 18.1. The molecule has 146 valence electrons. The molecule has 1 aromatic heterocycles. The van der Waals surface area contributed by atoms with Crippen molar-refractivity contribution < 1.29 is 13.2 Å². The lowest BCUT2D eigenvalue weighted by atomic mass is 10.1. The molecule has 1 aliphatic rings. The summed E-state index contributed by atoms with van der Waals surface area (Å²) in [4.78, 5) is 13.4. The predicted molar refractivity (Wildman–Crippen MR) is 109 cm³/mol. The van der Waals surface area contributed by atoms with Crippen LogP contribution in [0.25, 0.3) is 0 Å². The third kappa shape index (κ3) is 3.77. The van der Waals surface area contributed by atoms with Crippen LogP contribution in [0.3, 0.4) is 0 Å². The van der Waals surface area contributed by atoms with E-state index < -0.39 is 20.5 Å². The van der Waals surface area contributed by atoms with E-state index in [1.165, 1.54) is 23.1 Å². The molecular formula is C18H23N3O3S3. The van der Waals surface area contributed by atoms with Crippen LogP contribution in [0.2, 0.25) is 0 Å². The highest BCUT2D eigenvalue weighted by atomic mass is 32.2. The second kappa shape index (κ2) is 7.89. The zero-order chi connectivity index (χ0) is 19.7. The summed E-state index contributed by atoms with van der Waals surface area (Å²) in [7, 11) is -3.84. The van der Waals surface area contributed by atoms with Crippen LogP contribution in [0.15, 0.2) is 27.4 Å². The number of nitrogens with zero attached hydrogens (tertiary/aromatic N) is 2. The van der Waals surface area contributed by atoms with Crippen molar-refractivity contribution in [2.75, 3.05) is 11.1 Å². The van der Waals surface area contributed by atoms with Crippen LogP contribution in [0.4, 0.5) is 5.13 Å². The molecule has 9 heteroatoms. The normalized spacial score (nSPS) is 16.4. The first-order chi connectivity index (χ1) is 12.8. The lowest BCUT2D eigenvalue weighted by Gasteiger charge is -2.28. The van der Waals surface area contributed by atoms with E-state index in [-0.39, 0.29) is 4.90 Å². The topological polar surface area (TPSA) is 89.0 Å². The molecule has 0 atom stereocenters. The molecule has 1 saturated carbocycles. The van der Waals surface area contributed by atoms with Gasteiger partial charge in [-0.1, -0.05) is 55.0 Å². The van der Waals surface area contributed by atoms with Crippen LogP contribution in [-0.2, 0) is 14.6 Å². The Labute approximate surface area is 168 Å². The van der Waals surface area contributed by atoms with Gasteiger partial charge in [-0.25, -0.2) is 8.42 Å². The number of anilines is 1. The SMILES string of the molecule is CCSc1nnc(NC(=O)C2(S(=O)(=O)c3cc(C)ccc3C)CCCC2)s1. The number of hydrogen-bond donors (Lipinski definition) is 1. The fraction of sp³-hybridized carbons (Fsp3) is 0.500. The van der Waals surface area contributed by atoms with Gasteiger partial charge in [0.2, 0.25) is 11.0 Å². The Balaban J connectivity index is 1.97. The van der Waals surface area contributed by atoms with Gasteiger partial charge in [0.15, 0.2) is 18.9 Å². The van der Waals surface area contributed by atoms with Gasteiger partial charge in [-0.2, -0.15) is 0 Å². The molecule has 1 fully saturated rings. The summed E-state index contributed by atoms with van der Waals surface area (Å²) in [6.07, 6.45) is 2.07. The average Bonchev–Trinajstić information content (AvgIpc) is 3.28. The summed E-state index contributed by atoms with van der Waals surface area (Å²) in [5, 5.41) is 11.1. The number of thioether (sulfide) groups is 1. The zero-order valence-electron chi connectivity index (χ0n) is 15.6. The van der Waals surface area contributed by atoms with Crippen LogP contribution in [0, 0.1) is 13.8 Å². The monoisotopic (exact) mass is 425 g/mol. The van der Waals surface area contributed by atoms with Crippen molar-refractivity contribution in [2.45, 2.75) is 60.4 Å². The van der Waals surface area contributed by atoms with Gasteiger partial charge in [0, 0.05) is 0 Å². The maximum absolute atomic E-state index is 13.6. The Hall–Kier alpha value is -1.45. The van der Waals surface area contributed by atoms with Crippen molar-refractivity contribution in [1.82, 2.24) is 10.2 Å². The van der Waals surface area contributed by atoms with Crippen molar-refractivity contribution >= 4 is 44.0 Å². The van der Waals surface area contributed by atoms with E-state index in [9.17, 15) is 13.2 Å². The molecule has 27 heavy (non-hydrogen) atoms. The Morgan fingerprint density at radius 2 is 1.96 bits per heavy atom. The fourth-order valence-corrected chi connectivity index (χ4v) is 7.44. The molecule has 1 N–H and O–H groups in total. The van der Waals surface area contributed by atoms with Crippen molar-refractivity contribution in [1.29, 1.82) is 0 Å². The van der Waals surface area contributed by atoms with Gasteiger partial charge in [0.05, 0.1) is 4.90 Å². The van der Waals surface area contributed by atoms with E-state index in [2.05, 4.69) is 15.5 Å². The molecule has 0 bridgehead atoms. The minimum absolute atomic E-state index is 0.249. The number of aryl methyl sites for hydroxylation is 2. The van der Waals surface area contributed by atoms with E-state index in [0.29, 0.717) is 36.4 Å². The van der Waals surface area contributed by atoms with E-state index in [0.717, 1.165) is 15.7 Å². The number of carbonyl (C=O) groups is 1. The number of rotatable bonds is 6. The molecular weight excluding hydrogens is 402 g/mol. The summed E-state index contributed by atoms with van der Waals surface area (Å²) >= 11 is 2.81. The maximum atomic E-state index is 13.6. The first kappa shape index (κ1) is 20.3. The van der Waals surface area contributed by atoms with Crippen LogP contribution in [0.1, 0.15) is 43.7 Å². The van der Waals surface area contributed by atoms with E-state index >= 15 is 0 Å². The van der Waals surface area contributed by atoms with Crippen molar-refractivity contribution in [3.8, 4) is 0 Å². The fourth-order valence-electron chi connectivity index (χ4n) is 3.42. The third-order valence-corrected chi connectivity index (χ3v) is 9.36. The summed E-state index contributed by atoms with van der Waals surface area (Å²) in [5.41, 5.74) is 1.52. The van der Waals surface area contributed by atoms with E-state index in [1.54, 1.807) is 19.1 Å². The Kier molecular flexibility index (Phi) is 5.93. The molecule has 3 rings (SSSR count). The lowest BCUT2D eigenvalue weighted by molar-refractivity contribution is -0.118. The smallest absolute Gasteiger partial charge is 0.248 e. The number of hydrogen-bond acceptors (Lipinski definition) is 7. The maximum Gasteiger partial charge on any atom is 0.248 e. The van der Waals surface area contributed by atoms with Gasteiger partial charge in [-0.15, -0.1) is 10.2 Å². The number of benzene rings is 1. The van der Waals surface area contributed by atoms with Gasteiger partial charge >= 0.3 is 0 Å². The molecule has 1 aromatic carbocycles. The van der Waals surface area contributed by atoms with Gasteiger partial charge < -0.3 is 0 Å². The highest BCUT2D eigenvalue weighted by Crippen LogP contribution is 2.42. The number of nitrogens with one attached hydrogen (secondary N) is 1. The van der Waals surface area contributed by atoms with Crippen LogP contribution in [-0.4, -0.2) is 35.0 Å². The predicted octanol–water partition coefficient (Wildman–Crippen LogP) is 3.99. The molecule has 1 amide bonds. The highest BCUT2D eigenvalue weighted by Gasteiger charge is 2.53. The molecule has 0 saturated heterocycles. The summed E-state index contributed by atoms with van der Waals surface area (Å²) < 4.78 is 26.4.